The average Bonchev–Trinajstić information content (AvgIpc) is 2.88. The third-order valence-corrected chi connectivity index (χ3v) is 4.72. The van der Waals surface area contributed by atoms with Crippen molar-refractivity contribution in [2.45, 2.75) is 26.1 Å². The van der Waals surface area contributed by atoms with Crippen molar-refractivity contribution >= 4 is 34.6 Å². The highest BCUT2D eigenvalue weighted by Gasteiger charge is 2.31. The summed E-state index contributed by atoms with van der Waals surface area (Å²) >= 11 is 1.30. The van der Waals surface area contributed by atoms with Gasteiger partial charge in [-0.3, -0.25) is 14.9 Å². The first-order valence-corrected chi connectivity index (χ1v) is 8.41. The number of thioether (sulfide) groups is 1. The van der Waals surface area contributed by atoms with Crippen molar-refractivity contribution in [3.63, 3.8) is 0 Å². The highest BCUT2D eigenvalue weighted by atomic mass is 32.2. The molecule has 0 unspecified atom stereocenters. The summed E-state index contributed by atoms with van der Waals surface area (Å²) < 4.78 is 5.69. The number of benzene rings is 1. The summed E-state index contributed by atoms with van der Waals surface area (Å²) in [7, 11) is 0. The zero-order chi connectivity index (χ0) is 17.3. The molecule has 1 aromatic carbocycles. The van der Waals surface area contributed by atoms with Crippen molar-refractivity contribution in [1.82, 2.24) is 4.90 Å². The van der Waals surface area contributed by atoms with Gasteiger partial charge in [0.2, 0.25) is 0 Å². The first kappa shape index (κ1) is 16.7. The normalized spacial score (nSPS) is 25.9. The van der Waals surface area contributed by atoms with Gasteiger partial charge in [0.15, 0.2) is 5.17 Å². The molecule has 3 rings (SSSR count). The molecule has 0 spiro atoms. The van der Waals surface area contributed by atoms with Gasteiger partial charge in [-0.2, -0.15) is 4.99 Å². The third-order valence-electron chi connectivity index (χ3n) is 3.68. The molecule has 8 heteroatoms. The van der Waals surface area contributed by atoms with E-state index in [0.717, 1.165) is 0 Å². The Morgan fingerprint density at radius 3 is 2.75 bits per heavy atom. The van der Waals surface area contributed by atoms with E-state index < -0.39 is 4.92 Å². The fraction of sp³-hybridized carbons (Fsp3) is 0.375. The van der Waals surface area contributed by atoms with Gasteiger partial charge in [0, 0.05) is 25.2 Å². The van der Waals surface area contributed by atoms with Gasteiger partial charge in [-0.15, -0.1) is 0 Å². The number of nitro benzene ring substituents is 1. The van der Waals surface area contributed by atoms with Gasteiger partial charge in [0.25, 0.3) is 11.6 Å². The smallest absolute Gasteiger partial charge is 0.286 e. The highest BCUT2D eigenvalue weighted by Crippen LogP contribution is 2.32. The van der Waals surface area contributed by atoms with Gasteiger partial charge < -0.3 is 9.64 Å². The molecule has 0 bridgehead atoms. The maximum absolute atomic E-state index is 12.1. The number of ether oxygens (including phenoxy) is 1. The lowest BCUT2D eigenvalue weighted by atomic mass is 10.2. The zero-order valence-electron chi connectivity index (χ0n) is 13.3. The number of aliphatic imine (C=N–C) groups is 1. The molecule has 2 aliphatic heterocycles. The SMILES string of the molecule is C[C@@H]1CN(C2=NC(=O)/C(=C\c3cccc([N+](=O)[O-])c3)S2)C[C@H](C)O1. The van der Waals surface area contributed by atoms with Gasteiger partial charge in [0.05, 0.1) is 22.0 Å². The van der Waals surface area contributed by atoms with Crippen LogP contribution in [0.25, 0.3) is 6.08 Å². The molecular formula is C16H17N3O4S. The van der Waals surface area contributed by atoms with E-state index in [4.69, 9.17) is 4.74 Å². The molecule has 0 radical (unpaired) electrons. The van der Waals surface area contributed by atoms with E-state index in [2.05, 4.69) is 9.89 Å². The quantitative estimate of drug-likeness (QED) is 0.464. The van der Waals surface area contributed by atoms with E-state index in [1.807, 2.05) is 13.8 Å². The molecule has 24 heavy (non-hydrogen) atoms. The number of morpholine rings is 1. The number of carbonyl (C=O) groups is 1. The van der Waals surface area contributed by atoms with Crippen molar-refractivity contribution < 1.29 is 14.5 Å². The molecule has 1 fully saturated rings. The molecule has 2 aliphatic rings. The van der Waals surface area contributed by atoms with Crippen LogP contribution in [0.1, 0.15) is 19.4 Å². The summed E-state index contributed by atoms with van der Waals surface area (Å²) in [6.07, 6.45) is 1.80. The molecule has 0 N–H and O–H groups in total. The van der Waals surface area contributed by atoms with Crippen molar-refractivity contribution in [1.29, 1.82) is 0 Å². The molecule has 1 amide bonds. The lowest BCUT2D eigenvalue weighted by molar-refractivity contribution is -0.384. The second-order valence-electron chi connectivity index (χ2n) is 5.82. The molecule has 0 saturated carbocycles. The summed E-state index contributed by atoms with van der Waals surface area (Å²) in [5.74, 6) is -0.312. The monoisotopic (exact) mass is 347 g/mol. The molecule has 0 aromatic heterocycles. The van der Waals surface area contributed by atoms with E-state index in [9.17, 15) is 14.9 Å². The minimum Gasteiger partial charge on any atom is -0.372 e. The van der Waals surface area contributed by atoms with Crippen LogP contribution < -0.4 is 0 Å². The Labute approximate surface area is 143 Å². The number of amides is 1. The second-order valence-corrected chi connectivity index (χ2v) is 6.83. The number of amidine groups is 1. The van der Waals surface area contributed by atoms with Crippen molar-refractivity contribution in [3.05, 3.63) is 44.8 Å². The van der Waals surface area contributed by atoms with Crippen LogP contribution >= 0.6 is 11.8 Å². The largest absolute Gasteiger partial charge is 0.372 e. The predicted molar refractivity (Wildman–Crippen MR) is 92.7 cm³/mol. The third kappa shape index (κ3) is 3.65. The van der Waals surface area contributed by atoms with Crippen LogP contribution in [-0.4, -0.2) is 46.2 Å². The van der Waals surface area contributed by atoms with E-state index >= 15 is 0 Å². The van der Waals surface area contributed by atoms with Crippen molar-refractivity contribution in [2.75, 3.05) is 13.1 Å². The molecule has 2 atom stereocenters. The standard InChI is InChI=1S/C16H17N3O4S/c1-10-8-18(9-11(2)23-10)16-17-15(20)14(24-16)7-12-4-3-5-13(6-12)19(21)22/h3-7,10-11H,8-9H2,1-2H3/b14-7+/t10-,11+. The first-order chi connectivity index (χ1) is 11.4. The van der Waals surface area contributed by atoms with Crippen LogP contribution in [0.4, 0.5) is 5.69 Å². The van der Waals surface area contributed by atoms with Crippen molar-refractivity contribution in [3.8, 4) is 0 Å². The maximum atomic E-state index is 12.1. The van der Waals surface area contributed by atoms with Gasteiger partial charge in [-0.25, -0.2) is 0 Å². The van der Waals surface area contributed by atoms with Gasteiger partial charge in [-0.1, -0.05) is 12.1 Å². The van der Waals surface area contributed by atoms with Crippen LogP contribution in [0.5, 0.6) is 0 Å². The number of nitrogens with zero attached hydrogens (tertiary/aromatic N) is 3. The zero-order valence-corrected chi connectivity index (χ0v) is 14.2. The molecule has 126 valence electrons. The number of nitro groups is 1. The number of non-ortho nitro benzene ring substituents is 1. The molecule has 7 nitrogen and oxygen atoms in total. The Morgan fingerprint density at radius 2 is 2.08 bits per heavy atom. The predicted octanol–water partition coefficient (Wildman–Crippen LogP) is 2.67. The van der Waals surface area contributed by atoms with Gasteiger partial charge in [-0.05, 0) is 37.2 Å². The van der Waals surface area contributed by atoms with Crippen LogP contribution in [0.3, 0.4) is 0 Å². The van der Waals surface area contributed by atoms with Gasteiger partial charge in [0.1, 0.15) is 0 Å². The fourth-order valence-electron chi connectivity index (χ4n) is 2.75. The van der Waals surface area contributed by atoms with E-state index in [1.165, 1.54) is 23.9 Å². The molecule has 2 heterocycles. The van der Waals surface area contributed by atoms with Gasteiger partial charge >= 0.3 is 0 Å². The fourth-order valence-corrected chi connectivity index (χ4v) is 3.68. The van der Waals surface area contributed by atoms with Crippen LogP contribution in [0.15, 0.2) is 34.2 Å². The highest BCUT2D eigenvalue weighted by molar-refractivity contribution is 8.18. The average molecular weight is 347 g/mol. The Kier molecular flexibility index (Phi) is 4.68. The molecule has 0 aliphatic carbocycles. The van der Waals surface area contributed by atoms with E-state index in [1.54, 1.807) is 18.2 Å². The number of hydrogen-bond acceptors (Lipinski definition) is 6. The molecular weight excluding hydrogens is 330 g/mol. The minimum absolute atomic E-state index is 0.00299. The van der Waals surface area contributed by atoms with E-state index in [-0.39, 0.29) is 23.8 Å². The number of hydrogen-bond donors (Lipinski definition) is 0. The Bertz CT molecular complexity index is 737. The lowest BCUT2D eigenvalue weighted by Gasteiger charge is -2.35. The van der Waals surface area contributed by atoms with Crippen LogP contribution in [0, 0.1) is 10.1 Å². The molecule has 1 saturated heterocycles. The summed E-state index contributed by atoms with van der Waals surface area (Å²) in [5.41, 5.74) is 0.608. The van der Waals surface area contributed by atoms with Crippen molar-refractivity contribution in [2.24, 2.45) is 4.99 Å². The summed E-state index contributed by atoms with van der Waals surface area (Å²) in [4.78, 5) is 29.2. The van der Waals surface area contributed by atoms with E-state index in [0.29, 0.717) is 28.7 Å². The molecule has 1 aromatic rings. The minimum atomic E-state index is -0.454. The summed E-state index contributed by atoms with van der Waals surface area (Å²) in [6.45, 7) is 5.36. The number of carbonyl (C=O) groups excluding carboxylic acids is 1. The summed E-state index contributed by atoms with van der Waals surface area (Å²) in [6, 6.07) is 6.19. The topological polar surface area (TPSA) is 85.0 Å². The number of rotatable bonds is 2. The van der Waals surface area contributed by atoms with Crippen LogP contribution in [0.2, 0.25) is 0 Å². The maximum Gasteiger partial charge on any atom is 0.286 e. The second kappa shape index (κ2) is 6.74. The Balaban J connectivity index is 1.77. The van der Waals surface area contributed by atoms with Crippen LogP contribution in [-0.2, 0) is 9.53 Å². The first-order valence-electron chi connectivity index (χ1n) is 7.60. The summed E-state index contributed by atoms with van der Waals surface area (Å²) in [5, 5.41) is 11.5. The Hall–Kier alpha value is -2.19. The Morgan fingerprint density at radius 1 is 1.38 bits per heavy atom. The lowest BCUT2D eigenvalue weighted by Crippen LogP contribution is -2.47.